The van der Waals surface area contributed by atoms with Crippen LogP contribution >= 0.6 is 0 Å². The maximum atomic E-state index is 13.7. The van der Waals surface area contributed by atoms with Crippen molar-refractivity contribution in [3.63, 3.8) is 0 Å². The summed E-state index contributed by atoms with van der Waals surface area (Å²) < 4.78 is 48.7. The van der Waals surface area contributed by atoms with Gasteiger partial charge in [-0.25, -0.2) is 4.98 Å². The van der Waals surface area contributed by atoms with Crippen LogP contribution in [0.15, 0.2) is 12.4 Å². The summed E-state index contributed by atoms with van der Waals surface area (Å²) in [6.07, 6.45) is 3.02. The van der Waals surface area contributed by atoms with Gasteiger partial charge in [-0.1, -0.05) is 0 Å². The van der Waals surface area contributed by atoms with Gasteiger partial charge in [-0.05, 0) is 59.9 Å². The lowest BCUT2D eigenvalue weighted by atomic mass is 9.93. The maximum absolute atomic E-state index is 13.7. The molecule has 40 heavy (non-hydrogen) atoms. The Hall–Kier alpha value is -2.93. The van der Waals surface area contributed by atoms with Gasteiger partial charge in [0.1, 0.15) is 11.4 Å². The number of amides is 1. The van der Waals surface area contributed by atoms with E-state index >= 15 is 0 Å². The van der Waals surface area contributed by atoms with E-state index in [4.69, 9.17) is 9.84 Å². The first-order valence-corrected chi connectivity index (χ1v) is 14.0. The fourth-order valence-corrected chi connectivity index (χ4v) is 6.08. The van der Waals surface area contributed by atoms with Crippen molar-refractivity contribution in [2.45, 2.75) is 77.2 Å². The molecule has 0 spiro atoms. The van der Waals surface area contributed by atoms with Crippen LogP contribution in [0.3, 0.4) is 0 Å². The number of aromatic nitrogens is 4. The molecule has 3 fully saturated rings. The molecule has 10 nitrogen and oxygen atoms in total. The minimum atomic E-state index is -4.61. The van der Waals surface area contributed by atoms with Gasteiger partial charge in [0.2, 0.25) is 11.9 Å². The fourth-order valence-electron chi connectivity index (χ4n) is 6.08. The molecule has 2 aromatic heterocycles. The van der Waals surface area contributed by atoms with Crippen LogP contribution in [0.4, 0.5) is 30.6 Å². The fraction of sp³-hybridized carbons (Fsp3) is 0.704. The number of carbonyl (C=O) groups is 1. The SMILES string of the molecule is Cc1nn(C2CC3CCC(C2)N3C)cc1Nc1ncc(C(F)(F)F)c(NCCCN2CCOCC(C)(C)C2=O)n1. The first kappa shape index (κ1) is 28.6. The summed E-state index contributed by atoms with van der Waals surface area (Å²) in [5.41, 5.74) is -0.160. The summed E-state index contributed by atoms with van der Waals surface area (Å²) in [5, 5.41) is 10.6. The molecule has 2 N–H and O–H groups in total. The van der Waals surface area contributed by atoms with Crippen molar-refractivity contribution >= 4 is 23.4 Å². The number of carbonyl (C=O) groups excluding carboxylic acids is 1. The lowest BCUT2D eigenvalue weighted by molar-refractivity contribution is -0.140. The van der Waals surface area contributed by atoms with Crippen LogP contribution in [0.25, 0.3) is 0 Å². The van der Waals surface area contributed by atoms with Gasteiger partial charge in [0.25, 0.3) is 0 Å². The van der Waals surface area contributed by atoms with Crippen LogP contribution in [-0.2, 0) is 15.7 Å². The summed E-state index contributed by atoms with van der Waals surface area (Å²) in [4.78, 5) is 25.1. The maximum Gasteiger partial charge on any atom is 0.421 e. The topological polar surface area (TPSA) is 100 Å². The van der Waals surface area contributed by atoms with Crippen LogP contribution in [0.2, 0.25) is 0 Å². The molecule has 220 valence electrons. The number of aryl methyl sites for hydroxylation is 1. The van der Waals surface area contributed by atoms with E-state index in [1.165, 1.54) is 12.8 Å². The number of hydrogen-bond acceptors (Lipinski definition) is 8. The van der Waals surface area contributed by atoms with E-state index in [2.05, 4.69) is 32.5 Å². The Morgan fingerprint density at radius 3 is 2.60 bits per heavy atom. The number of rotatable bonds is 8. The Balaban J connectivity index is 1.24. The van der Waals surface area contributed by atoms with Crippen molar-refractivity contribution in [1.29, 1.82) is 0 Å². The molecule has 3 aliphatic rings. The number of anilines is 3. The van der Waals surface area contributed by atoms with Gasteiger partial charge in [0.05, 0.1) is 36.1 Å². The van der Waals surface area contributed by atoms with Gasteiger partial charge in [-0.15, -0.1) is 0 Å². The zero-order chi connectivity index (χ0) is 28.7. The van der Waals surface area contributed by atoms with Gasteiger partial charge in [-0.3, -0.25) is 9.48 Å². The molecular weight excluding hydrogens is 525 g/mol. The highest BCUT2D eigenvalue weighted by atomic mass is 19.4. The molecule has 3 saturated heterocycles. The molecule has 0 radical (unpaired) electrons. The molecule has 13 heteroatoms. The van der Waals surface area contributed by atoms with E-state index in [0.717, 1.165) is 24.7 Å². The Morgan fingerprint density at radius 1 is 1.18 bits per heavy atom. The van der Waals surface area contributed by atoms with Gasteiger partial charge in [-0.2, -0.15) is 23.3 Å². The average molecular weight is 565 g/mol. The molecule has 5 heterocycles. The number of piperidine rings is 1. The average Bonchev–Trinajstić information content (AvgIpc) is 3.28. The van der Waals surface area contributed by atoms with E-state index in [0.29, 0.717) is 56.5 Å². The molecule has 5 rings (SSSR count). The molecular formula is C27H39F3N8O2. The summed E-state index contributed by atoms with van der Waals surface area (Å²) >= 11 is 0. The molecule has 3 aliphatic heterocycles. The molecule has 1 amide bonds. The lowest BCUT2D eigenvalue weighted by Crippen LogP contribution is -2.42. The highest BCUT2D eigenvalue weighted by Gasteiger charge is 2.40. The zero-order valence-electron chi connectivity index (χ0n) is 23.6. The van der Waals surface area contributed by atoms with Crippen LogP contribution in [0.1, 0.15) is 63.3 Å². The lowest BCUT2D eigenvalue weighted by Gasteiger charge is -2.36. The third-order valence-electron chi connectivity index (χ3n) is 8.44. The standard InChI is InChI=1S/C27H39F3N8O2/c1-17-22(15-38(35-17)20-12-18-6-7-19(13-20)36(18)4)33-25-32-14-21(27(28,29)30)23(34-25)31-8-5-9-37-10-11-40-16-26(2,3)24(37)39/h14-15,18-20H,5-13,16H2,1-4H3,(H2,31,32,33,34). The number of hydrogen-bond donors (Lipinski definition) is 2. The number of alkyl halides is 3. The van der Waals surface area contributed by atoms with Crippen molar-refractivity contribution in [3.05, 3.63) is 23.7 Å². The number of fused-ring (bicyclic) bond motifs is 2. The predicted octanol–water partition coefficient (Wildman–Crippen LogP) is 4.23. The second kappa shape index (κ2) is 11.2. The van der Waals surface area contributed by atoms with Gasteiger partial charge in [0.15, 0.2) is 0 Å². The van der Waals surface area contributed by atoms with E-state index in [1.807, 2.05) is 31.6 Å². The predicted molar refractivity (Wildman–Crippen MR) is 144 cm³/mol. The van der Waals surface area contributed by atoms with Crippen LogP contribution < -0.4 is 10.6 Å². The van der Waals surface area contributed by atoms with E-state index in [9.17, 15) is 18.0 Å². The van der Waals surface area contributed by atoms with Crippen molar-refractivity contribution in [2.75, 3.05) is 50.5 Å². The highest BCUT2D eigenvalue weighted by Crippen LogP contribution is 2.40. The van der Waals surface area contributed by atoms with Crippen molar-refractivity contribution in [2.24, 2.45) is 5.41 Å². The van der Waals surface area contributed by atoms with E-state index in [-0.39, 0.29) is 24.2 Å². The number of halogens is 3. The van der Waals surface area contributed by atoms with Gasteiger partial charge >= 0.3 is 6.18 Å². The largest absolute Gasteiger partial charge is 0.421 e. The molecule has 2 bridgehead atoms. The normalized spacial score (nSPS) is 25.2. The number of nitrogens with zero attached hydrogens (tertiary/aromatic N) is 6. The first-order chi connectivity index (χ1) is 18.9. The monoisotopic (exact) mass is 564 g/mol. The quantitative estimate of drug-likeness (QED) is 0.460. The molecule has 0 aliphatic carbocycles. The summed E-state index contributed by atoms with van der Waals surface area (Å²) in [6.45, 7) is 7.40. The molecule has 0 aromatic carbocycles. The van der Waals surface area contributed by atoms with Gasteiger partial charge in [0, 0.05) is 44.1 Å². The molecule has 2 aromatic rings. The zero-order valence-corrected chi connectivity index (χ0v) is 23.6. The van der Waals surface area contributed by atoms with E-state index < -0.39 is 17.2 Å². The minimum Gasteiger partial charge on any atom is -0.379 e. The molecule has 2 atom stereocenters. The Kier molecular flexibility index (Phi) is 7.97. The summed E-state index contributed by atoms with van der Waals surface area (Å²) in [6, 6.07) is 1.42. The number of nitrogens with one attached hydrogen (secondary N) is 2. The van der Waals surface area contributed by atoms with Gasteiger partial charge < -0.3 is 25.2 Å². The number of ether oxygens (including phenoxy) is 1. The highest BCUT2D eigenvalue weighted by molar-refractivity contribution is 5.82. The van der Waals surface area contributed by atoms with Crippen LogP contribution in [-0.4, -0.2) is 87.4 Å². The first-order valence-electron chi connectivity index (χ1n) is 14.0. The van der Waals surface area contributed by atoms with Crippen LogP contribution in [0, 0.1) is 12.3 Å². The third kappa shape index (κ3) is 6.04. The summed E-state index contributed by atoms with van der Waals surface area (Å²) in [5.74, 6) is -0.255. The third-order valence-corrected chi connectivity index (χ3v) is 8.44. The van der Waals surface area contributed by atoms with Crippen molar-refractivity contribution in [3.8, 4) is 0 Å². The molecule has 0 saturated carbocycles. The minimum absolute atomic E-state index is 0.0154. The van der Waals surface area contributed by atoms with Crippen molar-refractivity contribution < 1.29 is 22.7 Å². The summed E-state index contributed by atoms with van der Waals surface area (Å²) in [7, 11) is 2.19. The van der Waals surface area contributed by atoms with E-state index in [1.54, 1.807) is 4.90 Å². The second-order valence-corrected chi connectivity index (χ2v) is 11.9. The van der Waals surface area contributed by atoms with Crippen LogP contribution in [0.5, 0.6) is 0 Å². The molecule has 2 unspecified atom stereocenters. The smallest absolute Gasteiger partial charge is 0.379 e. The Bertz CT molecular complexity index is 1200. The second-order valence-electron chi connectivity index (χ2n) is 11.9. The van der Waals surface area contributed by atoms with Crippen molar-refractivity contribution in [1.82, 2.24) is 29.5 Å². The Labute approximate surface area is 232 Å². The Morgan fingerprint density at radius 2 is 1.90 bits per heavy atom.